The number of likely N-dealkylation sites (tertiary alicyclic amines) is 1. The number of carbonyl (C=O) groups excluding carboxylic acids is 2. The first-order chi connectivity index (χ1) is 7.85. The molecule has 96 valence electrons. The van der Waals surface area contributed by atoms with Gasteiger partial charge in [-0.05, 0) is 13.3 Å². The van der Waals surface area contributed by atoms with Gasteiger partial charge in [0.05, 0.1) is 11.8 Å². The molecule has 1 saturated heterocycles. The van der Waals surface area contributed by atoms with Gasteiger partial charge in [-0.2, -0.15) is 0 Å². The van der Waals surface area contributed by atoms with Crippen LogP contribution in [0.4, 0.5) is 4.79 Å². The maximum absolute atomic E-state index is 11.6. The molecule has 0 saturated carbocycles. The zero-order valence-corrected chi connectivity index (χ0v) is 9.73. The number of carboxylic acids is 1. The topological polar surface area (TPSA) is 113 Å². The Labute approximate surface area is 98.9 Å². The Hall–Kier alpha value is -1.79. The Morgan fingerprint density at radius 1 is 1.47 bits per heavy atom. The third-order valence-corrected chi connectivity index (χ3v) is 2.97. The average Bonchev–Trinajstić information content (AvgIpc) is 2.62. The van der Waals surface area contributed by atoms with E-state index in [1.165, 1.54) is 4.90 Å². The molecular weight excluding hydrogens is 226 g/mol. The van der Waals surface area contributed by atoms with E-state index in [2.05, 4.69) is 5.32 Å². The average molecular weight is 243 g/mol. The van der Waals surface area contributed by atoms with Crippen LogP contribution in [0.1, 0.15) is 19.8 Å². The number of carbonyl (C=O) groups is 3. The van der Waals surface area contributed by atoms with E-state index in [4.69, 9.17) is 10.8 Å². The van der Waals surface area contributed by atoms with Crippen molar-refractivity contribution in [2.45, 2.75) is 19.8 Å². The molecule has 0 aromatic rings. The van der Waals surface area contributed by atoms with Crippen molar-refractivity contribution in [3.8, 4) is 0 Å². The number of hydrogen-bond acceptors (Lipinski definition) is 3. The molecule has 1 aliphatic heterocycles. The van der Waals surface area contributed by atoms with Gasteiger partial charge in [-0.1, -0.05) is 0 Å². The van der Waals surface area contributed by atoms with E-state index in [9.17, 15) is 14.4 Å². The number of carboxylic acid groups (broad SMARTS) is 1. The number of nitrogens with zero attached hydrogens (tertiary/aromatic N) is 1. The van der Waals surface area contributed by atoms with E-state index in [0.29, 0.717) is 13.0 Å². The number of aliphatic carboxylic acids is 1. The van der Waals surface area contributed by atoms with Crippen LogP contribution >= 0.6 is 0 Å². The molecule has 1 fully saturated rings. The third kappa shape index (κ3) is 3.33. The summed E-state index contributed by atoms with van der Waals surface area (Å²) in [6.45, 7) is 2.54. The summed E-state index contributed by atoms with van der Waals surface area (Å²) < 4.78 is 0. The van der Waals surface area contributed by atoms with Gasteiger partial charge >= 0.3 is 12.0 Å². The maximum Gasteiger partial charge on any atom is 0.317 e. The van der Waals surface area contributed by atoms with Crippen molar-refractivity contribution in [3.63, 3.8) is 0 Å². The number of primary amides is 1. The Morgan fingerprint density at radius 3 is 2.59 bits per heavy atom. The fourth-order valence-electron chi connectivity index (χ4n) is 1.72. The Morgan fingerprint density at radius 2 is 2.12 bits per heavy atom. The van der Waals surface area contributed by atoms with Gasteiger partial charge in [-0.3, -0.25) is 9.59 Å². The van der Waals surface area contributed by atoms with Crippen molar-refractivity contribution in [3.05, 3.63) is 0 Å². The molecule has 3 amide bonds. The number of hydrogen-bond donors (Lipinski definition) is 3. The molecule has 17 heavy (non-hydrogen) atoms. The van der Waals surface area contributed by atoms with Gasteiger partial charge in [0.2, 0.25) is 5.91 Å². The highest BCUT2D eigenvalue weighted by Gasteiger charge is 2.40. The number of nitrogens with one attached hydrogen (secondary N) is 1. The molecule has 1 heterocycles. The van der Waals surface area contributed by atoms with E-state index < -0.39 is 17.3 Å². The number of nitrogens with two attached hydrogens (primary N) is 1. The van der Waals surface area contributed by atoms with Gasteiger partial charge in [0.15, 0.2) is 0 Å². The molecule has 4 N–H and O–H groups in total. The van der Waals surface area contributed by atoms with Gasteiger partial charge in [0.1, 0.15) is 0 Å². The van der Waals surface area contributed by atoms with Crippen LogP contribution in [0.5, 0.6) is 0 Å². The molecule has 0 bridgehead atoms. The molecule has 0 aliphatic carbocycles. The zero-order chi connectivity index (χ0) is 13.1. The predicted octanol–water partition coefficient (Wildman–Crippen LogP) is -0.632. The lowest BCUT2D eigenvalue weighted by Crippen LogP contribution is -2.42. The van der Waals surface area contributed by atoms with Crippen molar-refractivity contribution in [2.75, 3.05) is 19.6 Å². The number of urea groups is 1. The minimum Gasteiger partial charge on any atom is -0.481 e. The van der Waals surface area contributed by atoms with Crippen LogP contribution in [-0.4, -0.2) is 47.5 Å². The first-order valence-electron chi connectivity index (χ1n) is 5.39. The second kappa shape index (κ2) is 5.03. The van der Waals surface area contributed by atoms with Crippen LogP contribution in [0.15, 0.2) is 0 Å². The molecule has 0 radical (unpaired) electrons. The first-order valence-corrected chi connectivity index (χ1v) is 5.39. The number of rotatable bonds is 4. The second-order valence-corrected chi connectivity index (χ2v) is 4.47. The highest BCUT2D eigenvalue weighted by atomic mass is 16.4. The largest absolute Gasteiger partial charge is 0.481 e. The molecule has 1 atom stereocenters. The van der Waals surface area contributed by atoms with Crippen LogP contribution in [0, 0.1) is 5.41 Å². The summed E-state index contributed by atoms with van der Waals surface area (Å²) >= 11 is 0. The summed E-state index contributed by atoms with van der Waals surface area (Å²) in [6, 6.07) is -0.351. The van der Waals surface area contributed by atoms with Gasteiger partial charge in [-0.15, -0.1) is 0 Å². The lowest BCUT2D eigenvalue weighted by atomic mass is 9.89. The molecular formula is C10H17N3O4. The third-order valence-electron chi connectivity index (χ3n) is 2.97. The smallest absolute Gasteiger partial charge is 0.317 e. The van der Waals surface area contributed by atoms with E-state index in [0.717, 1.165) is 0 Å². The van der Waals surface area contributed by atoms with Crippen molar-refractivity contribution in [1.82, 2.24) is 10.2 Å². The zero-order valence-electron chi connectivity index (χ0n) is 9.73. The Kier molecular flexibility index (Phi) is 3.93. The summed E-state index contributed by atoms with van der Waals surface area (Å²) in [4.78, 5) is 34.5. The summed E-state index contributed by atoms with van der Waals surface area (Å²) in [5.74, 6) is -1.38. The van der Waals surface area contributed by atoms with E-state index in [-0.39, 0.29) is 25.5 Å². The summed E-state index contributed by atoms with van der Waals surface area (Å²) in [7, 11) is 0. The van der Waals surface area contributed by atoms with Crippen molar-refractivity contribution in [2.24, 2.45) is 11.1 Å². The normalized spacial score (nSPS) is 23.5. The van der Waals surface area contributed by atoms with E-state index in [1.807, 2.05) is 0 Å². The summed E-state index contributed by atoms with van der Waals surface area (Å²) in [5.41, 5.74) is 4.58. The quantitative estimate of drug-likeness (QED) is 0.610. The fraction of sp³-hybridized carbons (Fsp3) is 0.700. The monoisotopic (exact) mass is 243 g/mol. The summed E-state index contributed by atoms with van der Waals surface area (Å²) in [6.07, 6.45) is 0.418. The molecule has 0 aromatic heterocycles. The van der Waals surface area contributed by atoms with Crippen molar-refractivity contribution >= 4 is 17.9 Å². The predicted molar refractivity (Wildman–Crippen MR) is 59.1 cm³/mol. The summed E-state index contributed by atoms with van der Waals surface area (Å²) in [5, 5.41) is 10.9. The van der Waals surface area contributed by atoms with Gasteiger partial charge in [0.25, 0.3) is 0 Å². The van der Waals surface area contributed by atoms with Gasteiger partial charge < -0.3 is 21.1 Å². The molecule has 0 spiro atoms. The molecule has 7 nitrogen and oxygen atoms in total. The highest BCUT2D eigenvalue weighted by molar-refractivity contribution is 5.83. The van der Waals surface area contributed by atoms with Crippen LogP contribution < -0.4 is 11.1 Å². The number of amides is 3. The molecule has 7 heteroatoms. The Bertz CT molecular complexity index is 344. The molecule has 1 rings (SSSR count). The van der Waals surface area contributed by atoms with Crippen molar-refractivity contribution in [1.29, 1.82) is 0 Å². The van der Waals surface area contributed by atoms with Gasteiger partial charge in [0, 0.05) is 19.6 Å². The van der Waals surface area contributed by atoms with E-state index in [1.54, 1.807) is 6.92 Å². The minimum atomic E-state index is -0.964. The fourth-order valence-corrected chi connectivity index (χ4v) is 1.72. The maximum atomic E-state index is 11.6. The lowest BCUT2D eigenvalue weighted by molar-refractivity contribution is -0.136. The van der Waals surface area contributed by atoms with Crippen LogP contribution in [-0.2, 0) is 9.59 Å². The molecule has 1 unspecified atom stereocenters. The molecule has 0 aromatic carbocycles. The highest BCUT2D eigenvalue weighted by Crippen LogP contribution is 2.29. The van der Waals surface area contributed by atoms with Crippen LogP contribution in [0.2, 0.25) is 0 Å². The SMILES string of the molecule is CC1(C(N)=O)CCN(C(=O)NCCC(=O)O)C1. The van der Waals surface area contributed by atoms with Crippen molar-refractivity contribution < 1.29 is 19.5 Å². The van der Waals surface area contributed by atoms with Crippen LogP contribution in [0.3, 0.4) is 0 Å². The lowest BCUT2D eigenvalue weighted by Gasteiger charge is -2.21. The molecule has 1 aliphatic rings. The van der Waals surface area contributed by atoms with E-state index >= 15 is 0 Å². The Balaban J connectivity index is 2.40. The van der Waals surface area contributed by atoms with Crippen LogP contribution in [0.25, 0.3) is 0 Å². The standard InChI is InChI=1S/C10H17N3O4/c1-10(8(11)16)3-5-13(6-10)9(17)12-4-2-7(14)15/h2-6H2,1H3,(H2,11,16)(H,12,17)(H,14,15). The first kappa shape index (κ1) is 13.3. The van der Waals surface area contributed by atoms with Gasteiger partial charge in [-0.25, -0.2) is 4.79 Å². The second-order valence-electron chi connectivity index (χ2n) is 4.47. The minimum absolute atomic E-state index is 0.0813.